The van der Waals surface area contributed by atoms with Crippen LogP contribution in [0.4, 0.5) is 5.82 Å². The monoisotopic (exact) mass is 275 g/mol. The quantitative estimate of drug-likeness (QED) is 0.812. The van der Waals surface area contributed by atoms with Crippen LogP contribution in [0, 0.1) is 5.41 Å². The van der Waals surface area contributed by atoms with E-state index in [-0.39, 0.29) is 17.4 Å². The number of piperidine rings is 1. The summed E-state index contributed by atoms with van der Waals surface area (Å²) in [6.07, 6.45) is 6.21. The van der Waals surface area contributed by atoms with Gasteiger partial charge in [0.25, 0.3) is 5.91 Å². The van der Waals surface area contributed by atoms with E-state index in [1.807, 2.05) is 4.90 Å². The number of nitrogen functional groups attached to an aromatic ring is 1. The number of aliphatic hydroxyl groups excluding tert-OH is 1. The number of anilines is 1. The molecule has 0 bridgehead atoms. The van der Waals surface area contributed by atoms with Gasteiger partial charge >= 0.3 is 0 Å². The Labute approximate surface area is 118 Å². The molecule has 2 fully saturated rings. The second-order valence-corrected chi connectivity index (χ2v) is 6.07. The third kappa shape index (κ3) is 2.26. The van der Waals surface area contributed by atoms with Crippen LogP contribution in [-0.2, 0) is 0 Å². The van der Waals surface area contributed by atoms with Gasteiger partial charge in [-0.1, -0.05) is 6.42 Å². The fourth-order valence-corrected chi connectivity index (χ4v) is 3.64. The average molecular weight is 275 g/mol. The van der Waals surface area contributed by atoms with Crippen molar-refractivity contribution in [3.05, 3.63) is 23.9 Å². The molecule has 0 aromatic carbocycles. The smallest absolute Gasteiger partial charge is 0.255 e. The molecule has 1 aliphatic heterocycles. The van der Waals surface area contributed by atoms with Gasteiger partial charge in [0, 0.05) is 24.7 Å². The van der Waals surface area contributed by atoms with Crippen LogP contribution in [0.1, 0.15) is 42.5 Å². The Kier molecular flexibility index (Phi) is 3.38. The van der Waals surface area contributed by atoms with Crippen molar-refractivity contribution < 1.29 is 9.90 Å². The van der Waals surface area contributed by atoms with E-state index in [0.717, 1.165) is 38.6 Å². The van der Waals surface area contributed by atoms with Crippen LogP contribution in [0.5, 0.6) is 0 Å². The lowest BCUT2D eigenvalue weighted by atomic mass is 9.76. The molecule has 1 saturated heterocycles. The maximum atomic E-state index is 12.5. The van der Waals surface area contributed by atoms with E-state index >= 15 is 0 Å². The number of nitrogens with zero attached hydrogens (tertiary/aromatic N) is 2. The molecule has 3 rings (SSSR count). The number of aromatic nitrogens is 1. The van der Waals surface area contributed by atoms with Crippen molar-refractivity contribution in [2.75, 3.05) is 18.8 Å². The third-order valence-corrected chi connectivity index (χ3v) is 4.79. The van der Waals surface area contributed by atoms with Gasteiger partial charge in [0.1, 0.15) is 5.82 Å². The lowest BCUT2D eigenvalue weighted by Crippen LogP contribution is -2.49. The Morgan fingerprint density at radius 2 is 2.20 bits per heavy atom. The van der Waals surface area contributed by atoms with E-state index in [1.165, 1.54) is 6.20 Å². The van der Waals surface area contributed by atoms with Crippen molar-refractivity contribution >= 4 is 11.7 Å². The molecule has 0 radical (unpaired) electrons. The first kappa shape index (κ1) is 13.4. The summed E-state index contributed by atoms with van der Waals surface area (Å²) in [7, 11) is 0. The fraction of sp³-hybridized carbons (Fsp3) is 0.600. The number of nitrogens with two attached hydrogens (primary N) is 1. The lowest BCUT2D eigenvalue weighted by molar-refractivity contribution is -0.00537. The minimum Gasteiger partial charge on any atom is -0.392 e. The van der Waals surface area contributed by atoms with Crippen LogP contribution in [0.3, 0.4) is 0 Å². The lowest BCUT2D eigenvalue weighted by Gasteiger charge is -2.42. The zero-order valence-corrected chi connectivity index (χ0v) is 11.6. The van der Waals surface area contributed by atoms with Crippen LogP contribution < -0.4 is 5.73 Å². The van der Waals surface area contributed by atoms with Gasteiger partial charge in [-0.2, -0.15) is 0 Å². The number of pyridine rings is 1. The van der Waals surface area contributed by atoms with Crippen molar-refractivity contribution in [1.29, 1.82) is 0 Å². The molecule has 108 valence electrons. The minimum absolute atomic E-state index is 0.00400. The number of hydrogen-bond acceptors (Lipinski definition) is 4. The van der Waals surface area contributed by atoms with Crippen LogP contribution in [0.25, 0.3) is 0 Å². The van der Waals surface area contributed by atoms with Crippen molar-refractivity contribution in [3.8, 4) is 0 Å². The van der Waals surface area contributed by atoms with Gasteiger partial charge in [0.2, 0.25) is 0 Å². The number of carbonyl (C=O) groups excluding carboxylic acids is 1. The van der Waals surface area contributed by atoms with E-state index < -0.39 is 0 Å². The third-order valence-electron chi connectivity index (χ3n) is 4.79. The highest BCUT2D eigenvalue weighted by Crippen LogP contribution is 2.45. The zero-order valence-electron chi connectivity index (χ0n) is 11.6. The van der Waals surface area contributed by atoms with E-state index in [4.69, 9.17) is 5.73 Å². The van der Waals surface area contributed by atoms with Crippen molar-refractivity contribution in [2.24, 2.45) is 5.41 Å². The Morgan fingerprint density at radius 3 is 2.85 bits per heavy atom. The van der Waals surface area contributed by atoms with Gasteiger partial charge in [-0.25, -0.2) is 4.98 Å². The standard InChI is InChI=1S/C15H21N3O2/c16-13-5-4-11(9-17-13)14(20)18-8-2-7-15(10-18)6-1-3-12(15)19/h4-5,9,12,19H,1-3,6-8,10H2,(H2,16,17)/t12-,15+/m1/s1. The van der Waals surface area contributed by atoms with Crippen LogP contribution in [0.15, 0.2) is 18.3 Å². The maximum absolute atomic E-state index is 12.5. The van der Waals surface area contributed by atoms with E-state index in [1.54, 1.807) is 12.1 Å². The van der Waals surface area contributed by atoms with Gasteiger partial charge in [0.05, 0.1) is 11.7 Å². The average Bonchev–Trinajstić information content (AvgIpc) is 2.80. The summed E-state index contributed by atoms with van der Waals surface area (Å²) >= 11 is 0. The van der Waals surface area contributed by atoms with Crippen molar-refractivity contribution in [1.82, 2.24) is 9.88 Å². The first-order valence-electron chi connectivity index (χ1n) is 7.30. The van der Waals surface area contributed by atoms with Crippen LogP contribution >= 0.6 is 0 Å². The number of aliphatic hydroxyl groups is 1. The summed E-state index contributed by atoms with van der Waals surface area (Å²) in [5.74, 6) is 0.415. The van der Waals surface area contributed by atoms with Crippen LogP contribution in [0.2, 0.25) is 0 Å². The number of hydrogen-bond donors (Lipinski definition) is 2. The number of amides is 1. The topological polar surface area (TPSA) is 79.5 Å². The molecular formula is C15H21N3O2. The molecule has 1 saturated carbocycles. The van der Waals surface area contributed by atoms with Gasteiger partial charge in [0.15, 0.2) is 0 Å². The highest BCUT2D eigenvalue weighted by molar-refractivity contribution is 5.94. The molecule has 1 aromatic heterocycles. The number of likely N-dealkylation sites (tertiary alicyclic amines) is 1. The summed E-state index contributed by atoms with van der Waals surface area (Å²) in [5, 5.41) is 10.2. The molecule has 1 aliphatic carbocycles. The highest BCUT2D eigenvalue weighted by atomic mass is 16.3. The van der Waals surface area contributed by atoms with Crippen LogP contribution in [-0.4, -0.2) is 40.1 Å². The zero-order chi connectivity index (χ0) is 14.2. The summed E-state index contributed by atoms with van der Waals surface area (Å²) in [4.78, 5) is 18.4. The second-order valence-electron chi connectivity index (χ2n) is 6.07. The van der Waals surface area contributed by atoms with Crippen molar-refractivity contribution in [2.45, 2.75) is 38.2 Å². The van der Waals surface area contributed by atoms with Crippen molar-refractivity contribution in [3.63, 3.8) is 0 Å². The molecular weight excluding hydrogens is 254 g/mol. The molecule has 5 nitrogen and oxygen atoms in total. The van der Waals surface area contributed by atoms with E-state index in [9.17, 15) is 9.90 Å². The van der Waals surface area contributed by atoms with Gasteiger partial charge in [-0.3, -0.25) is 4.79 Å². The Morgan fingerprint density at radius 1 is 1.40 bits per heavy atom. The van der Waals surface area contributed by atoms with Gasteiger partial charge < -0.3 is 15.7 Å². The normalized spacial score (nSPS) is 29.9. The minimum atomic E-state index is -0.261. The Bertz CT molecular complexity index is 502. The highest BCUT2D eigenvalue weighted by Gasteiger charge is 2.45. The predicted octanol–water partition coefficient (Wildman–Crippen LogP) is 1.43. The van der Waals surface area contributed by atoms with Gasteiger partial charge in [-0.15, -0.1) is 0 Å². The first-order chi connectivity index (χ1) is 9.61. The molecule has 0 unspecified atom stereocenters. The van der Waals surface area contributed by atoms with Gasteiger partial charge in [-0.05, 0) is 37.8 Å². The Balaban J connectivity index is 1.76. The molecule has 2 atom stereocenters. The predicted molar refractivity (Wildman–Crippen MR) is 76.1 cm³/mol. The molecule has 5 heteroatoms. The largest absolute Gasteiger partial charge is 0.392 e. The van der Waals surface area contributed by atoms with E-state index in [0.29, 0.717) is 17.9 Å². The molecule has 3 N–H and O–H groups in total. The summed E-state index contributed by atoms with van der Waals surface area (Å²) < 4.78 is 0. The molecule has 1 amide bonds. The molecule has 20 heavy (non-hydrogen) atoms. The Hall–Kier alpha value is -1.62. The summed E-state index contributed by atoms with van der Waals surface area (Å²) in [6.45, 7) is 1.43. The first-order valence-corrected chi connectivity index (χ1v) is 7.30. The summed E-state index contributed by atoms with van der Waals surface area (Å²) in [6, 6.07) is 3.37. The molecule has 1 spiro atoms. The SMILES string of the molecule is Nc1ccc(C(=O)N2CCC[C@@]3(CCC[C@H]3O)C2)cn1. The summed E-state index contributed by atoms with van der Waals surface area (Å²) in [5.41, 5.74) is 6.05. The maximum Gasteiger partial charge on any atom is 0.255 e. The molecule has 2 heterocycles. The second kappa shape index (κ2) is 5.05. The molecule has 2 aliphatic rings. The molecule has 1 aromatic rings. The fourth-order valence-electron chi connectivity index (χ4n) is 3.64. The van der Waals surface area contributed by atoms with E-state index in [2.05, 4.69) is 4.98 Å². The number of carbonyl (C=O) groups is 1. The number of rotatable bonds is 1.